The van der Waals surface area contributed by atoms with Gasteiger partial charge in [0.2, 0.25) is 5.91 Å². The molecule has 2 aliphatic rings. The average molecular weight is 418 g/mol. The minimum atomic E-state index is -0.830. The van der Waals surface area contributed by atoms with Crippen molar-refractivity contribution < 1.29 is 9.53 Å². The number of nitrogens with one attached hydrogen (secondary N) is 1. The molecular formula is C20H33Cl2N3O2. The Hall–Kier alpha value is -1.01. The van der Waals surface area contributed by atoms with E-state index in [1.807, 2.05) is 26.8 Å². The second kappa shape index (κ2) is 9.46. The number of carbonyl (C=O) groups excluding carboxylic acids is 1. The van der Waals surface area contributed by atoms with Crippen LogP contribution in [0.3, 0.4) is 0 Å². The molecule has 2 unspecified atom stereocenters. The maximum Gasteiger partial charge on any atom is 0.241 e. The predicted molar refractivity (Wildman–Crippen MR) is 115 cm³/mol. The highest BCUT2D eigenvalue weighted by molar-refractivity contribution is 5.89. The van der Waals surface area contributed by atoms with Crippen molar-refractivity contribution in [1.82, 2.24) is 5.32 Å². The van der Waals surface area contributed by atoms with Crippen LogP contribution in [0.15, 0.2) is 30.3 Å². The van der Waals surface area contributed by atoms with Crippen molar-refractivity contribution in [3.05, 3.63) is 30.3 Å². The molecule has 0 radical (unpaired) electrons. The van der Waals surface area contributed by atoms with Gasteiger partial charge < -0.3 is 20.7 Å². The van der Waals surface area contributed by atoms with E-state index in [-0.39, 0.29) is 48.3 Å². The highest BCUT2D eigenvalue weighted by atomic mass is 35.5. The summed E-state index contributed by atoms with van der Waals surface area (Å²) in [7, 11) is 0. The van der Waals surface area contributed by atoms with Crippen LogP contribution < -0.4 is 16.0 Å². The molecule has 3 rings (SSSR count). The topological polar surface area (TPSA) is 67.6 Å². The Morgan fingerprint density at radius 3 is 2.33 bits per heavy atom. The third kappa shape index (κ3) is 4.53. The lowest BCUT2D eigenvalue weighted by molar-refractivity contribution is -0.171. The number of para-hydroxylation sites is 1. The van der Waals surface area contributed by atoms with Crippen LogP contribution in [0.4, 0.5) is 5.69 Å². The summed E-state index contributed by atoms with van der Waals surface area (Å²) in [6, 6.07) is 10.6. The molecule has 1 aromatic rings. The second-order valence-corrected chi connectivity index (χ2v) is 7.91. The Kier molecular flexibility index (Phi) is 8.42. The molecule has 2 fully saturated rings. The molecule has 1 saturated heterocycles. The van der Waals surface area contributed by atoms with Crippen molar-refractivity contribution in [1.29, 1.82) is 0 Å². The number of ether oxygens (including phenoxy) is 1. The third-order valence-corrected chi connectivity index (χ3v) is 6.19. The Balaban J connectivity index is 0.00000182. The van der Waals surface area contributed by atoms with Crippen LogP contribution in [0.25, 0.3) is 0 Å². The van der Waals surface area contributed by atoms with Gasteiger partial charge in [0.05, 0.1) is 6.10 Å². The maximum absolute atomic E-state index is 12.8. The summed E-state index contributed by atoms with van der Waals surface area (Å²) in [5, 5.41) is 3.21. The standard InChI is InChI=1S/C20H31N3O2.2ClH/c1-4-25-17-14-20(21,19(17,2)3)18(24)22-15-10-12-23(13-11-15)16-8-6-5-7-9-16;;/h5-9,15,17H,4,10-14,21H2,1-3H3,(H,22,24);2*1H. The quantitative estimate of drug-likeness (QED) is 0.771. The lowest BCUT2D eigenvalue weighted by atomic mass is 9.54. The molecule has 27 heavy (non-hydrogen) atoms. The second-order valence-electron chi connectivity index (χ2n) is 7.91. The predicted octanol–water partition coefficient (Wildman–Crippen LogP) is 3.15. The smallest absolute Gasteiger partial charge is 0.241 e. The van der Waals surface area contributed by atoms with Crippen LogP contribution in [0.1, 0.15) is 40.0 Å². The first-order valence-corrected chi connectivity index (χ1v) is 9.40. The monoisotopic (exact) mass is 417 g/mol. The number of amides is 1. The maximum atomic E-state index is 12.8. The number of hydrogen-bond donors (Lipinski definition) is 2. The summed E-state index contributed by atoms with van der Waals surface area (Å²) in [6.45, 7) is 8.62. The van der Waals surface area contributed by atoms with Gasteiger partial charge in [0.25, 0.3) is 0 Å². The van der Waals surface area contributed by atoms with Crippen LogP contribution >= 0.6 is 24.8 Å². The van der Waals surface area contributed by atoms with E-state index in [1.165, 1.54) is 5.69 Å². The van der Waals surface area contributed by atoms with Crippen molar-refractivity contribution in [3.8, 4) is 0 Å². The van der Waals surface area contributed by atoms with Gasteiger partial charge in [-0.1, -0.05) is 32.0 Å². The fourth-order valence-corrected chi connectivity index (χ4v) is 4.06. The number of nitrogens with two attached hydrogens (primary N) is 1. The van der Waals surface area contributed by atoms with Gasteiger partial charge in [0.1, 0.15) is 5.54 Å². The molecule has 0 spiro atoms. The van der Waals surface area contributed by atoms with Crippen LogP contribution in [-0.4, -0.2) is 43.3 Å². The van der Waals surface area contributed by atoms with Crippen molar-refractivity contribution >= 4 is 36.4 Å². The van der Waals surface area contributed by atoms with E-state index in [2.05, 4.69) is 34.5 Å². The number of carbonyl (C=O) groups is 1. The van der Waals surface area contributed by atoms with Gasteiger partial charge in [0, 0.05) is 43.3 Å². The first-order valence-electron chi connectivity index (χ1n) is 9.40. The molecule has 2 atom stereocenters. The Morgan fingerprint density at radius 2 is 1.81 bits per heavy atom. The summed E-state index contributed by atoms with van der Waals surface area (Å²) in [4.78, 5) is 15.2. The van der Waals surface area contributed by atoms with E-state index in [4.69, 9.17) is 10.5 Å². The van der Waals surface area contributed by atoms with E-state index in [1.54, 1.807) is 0 Å². The van der Waals surface area contributed by atoms with Gasteiger partial charge in [-0.3, -0.25) is 4.79 Å². The van der Waals surface area contributed by atoms with E-state index < -0.39 is 5.54 Å². The summed E-state index contributed by atoms with van der Waals surface area (Å²) in [6.07, 6.45) is 2.56. The lowest BCUT2D eigenvalue weighted by Crippen LogP contribution is -2.76. The van der Waals surface area contributed by atoms with E-state index in [0.29, 0.717) is 13.0 Å². The molecule has 154 valence electrons. The van der Waals surface area contributed by atoms with E-state index >= 15 is 0 Å². The molecule has 1 heterocycles. The van der Waals surface area contributed by atoms with Gasteiger partial charge in [-0.25, -0.2) is 0 Å². The van der Waals surface area contributed by atoms with Gasteiger partial charge >= 0.3 is 0 Å². The molecule has 1 aliphatic heterocycles. The summed E-state index contributed by atoms with van der Waals surface area (Å²) < 4.78 is 5.73. The van der Waals surface area contributed by atoms with Gasteiger partial charge in [0.15, 0.2) is 0 Å². The minimum absolute atomic E-state index is 0. The van der Waals surface area contributed by atoms with E-state index in [9.17, 15) is 4.79 Å². The summed E-state index contributed by atoms with van der Waals surface area (Å²) in [5.74, 6) is -0.0217. The Labute approximate surface area is 175 Å². The molecule has 1 amide bonds. The van der Waals surface area contributed by atoms with Crippen molar-refractivity contribution in [2.24, 2.45) is 11.1 Å². The number of rotatable bonds is 5. The lowest BCUT2D eigenvalue weighted by Gasteiger charge is -2.57. The van der Waals surface area contributed by atoms with Gasteiger partial charge in [-0.15, -0.1) is 24.8 Å². The fourth-order valence-electron chi connectivity index (χ4n) is 4.06. The van der Waals surface area contributed by atoms with Gasteiger partial charge in [-0.2, -0.15) is 0 Å². The SMILES string of the molecule is CCOC1CC(N)(C(=O)NC2CCN(c3ccccc3)CC2)C1(C)C.Cl.Cl. The molecule has 0 bridgehead atoms. The number of halogens is 2. The van der Waals surface area contributed by atoms with Crippen molar-refractivity contribution in [2.45, 2.75) is 57.7 Å². The Bertz CT molecular complexity index is 607. The zero-order chi connectivity index (χ0) is 18.1. The normalized spacial score (nSPS) is 27.0. The van der Waals surface area contributed by atoms with E-state index in [0.717, 1.165) is 25.9 Å². The van der Waals surface area contributed by atoms with Crippen LogP contribution in [0.5, 0.6) is 0 Å². The molecule has 7 heteroatoms. The third-order valence-electron chi connectivity index (χ3n) is 6.19. The number of nitrogens with zero attached hydrogens (tertiary/aromatic N) is 1. The van der Waals surface area contributed by atoms with Crippen LogP contribution in [-0.2, 0) is 9.53 Å². The number of benzene rings is 1. The largest absolute Gasteiger partial charge is 0.378 e. The zero-order valence-electron chi connectivity index (χ0n) is 16.4. The number of anilines is 1. The molecule has 1 aromatic carbocycles. The molecular weight excluding hydrogens is 385 g/mol. The summed E-state index contributed by atoms with van der Waals surface area (Å²) >= 11 is 0. The van der Waals surface area contributed by atoms with Crippen molar-refractivity contribution in [3.63, 3.8) is 0 Å². The first-order chi connectivity index (χ1) is 11.9. The highest BCUT2D eigenvalue weighted by Gasteiger charge is 2.63. The summed E-state index contributed by atoms with van der Waals surface area (Å²) in [5.41, 5.74) is 6.56. The zero-order valence-corrected chi connectivity index (χ0v) is 18.1. The molecule has 5 nitrogen and oxygen atoms in total. The highest BCUT2D eigenvalue weighted by Crippen LogP contribution is 2.49. The van der Waals surface area contributed by atoms with Gasteiger partial charge in [-0.05, 0) is 31.9 Å². The first kappa shape index (κ1) is 24.0. The molecule has 3 N–H and O–H groups in total. The number of hydrogen-bond acceptors (Lipinski definition) is 4. The molecule has 1 saturated carbocycles. The molecule has 1 aliphatic carbocycles. The van der Waals surface area contributed by atoms with Crippen molar-refractivity contribution in [2.75, 3.05) is 24.6 Å². The minimum Gasteiger partial charge on any atom is -0.378 e. The fraction of sp³-hybridized carbons (Fsp3) is 0.650. The average Bonchev–Trinajstić information content (AvgIpc) is 2.62. The molecule has 0 aromatic heterocycles. The van der Waals surface area contributed by atoms with Crippen LogP contribution in [0, 0.1) is 5.41 Å². The van der Waals surface area contributed by atoms with Crippen LogP contribution in [0.2, 0.25) is 0 Å². The number of piperidine rings is 1. The Morgan fingerprint density at radius 1 is 1.22 bits per heavy atom.